The first-order valence-electron chi connectivity index (χ1n) is 21.0. The quantitative estimate of drug-likeness (QED) is 0.0581. The largest absolute Gasteiger partial charge is 0.355 e. The second-order valence-corrected chi connectivity index (χ2v) is 13.9. The number of hydrogen-bond donors (Lipinski definition) is 5. The average molecular weight is 769 g/mol. The number of amides is 5. The number of nitrogens with two attached hydrogens (primary N) is 1. The van der Waals surface area contributed by atoms with Crippen molar-refractivity contribution in [2.75, 3.05) is 125 Å². The zero-order valence-electron chi connectivity index (χ0n) is 35.2. The van der Waals surface area contributed by atoms with Crippen LogP contribution in [0.15, 0.2) is 0 Å². The van der Waals surface area contributed by atoms with Crippen LogP contribution in [-0.4, -0.2) is 179 Å². The van der Waals surface area contributed by atoms with Crippen LogP contribution < -0.4 is 27.0 Å². The van der Waals surface area contributed by atoms with Gasteiger partial charge in [0.25, 0.3) is 0 Å². The summed E-state index contributed by atoms with van der Waals surface area (Å²) in [5.74, 6) is 0.395. The van der Waals surface area contributed by atoms with E-state index in [-0.39, 0.29) is 29.5 Å². The molecule has 15 heteroatoms. The molecular weight excluding hydrogens is 688 g/mol. The molecule has 0 bridgehead atoms. The monoisotopic (exact) mass is 769 g/mol. The van der Waals surface area contributed by atoms with E-state index >= 15 is 0 Å². The molecule has 0 saturated heterocycles. The maximum absolute atomic E-state index is 13.2. The first kappa shape index (κ1) is 51.1. The number of carbonyl (C=O) groups is 5. The van der Waals surface area contributed by atoms with Gasteiger partial charge < -0.3 is 41.7 Å². The van der Waals surface area contributed by atoms with Gasteiger partial charge in [0.05, 0.1) is 0 Å². The maximum Gasteiger partial charge on any atom is 0.222 e. The molecule has 0 unspecified atom stereocenters. The number of nitrogens with zero attached hydrogens (tertiary/aromatic N) is 5. The molecule has 316 valence electrons. The number of likely N-dealkylation sites (N-methyl/N-ethyl adjacent to an activating group) is 1. The van der Waals surface area contributed by atoms with E-state index in [2.05, 4.69) is 31.1 Å². The molecule has 0 rings (SSSR count). The molecule has 0 aliphatic heterocycles. The van der Waals surface area contributed by atoms with E-state index in [1.807, 2.05) is 56.4 Å². The molecule has 0 spiro atoms. The Morgan fingerprint density at radius 2 is 0.815 bits per heavy atom. The minimum Gasteiger partial charge on any atom is -0.355 e. The van der Waals surface area contributed by atoms with Crippen molar-refractivity contribution >= 4 is 29.5 Å². The van der Waals surface area contributed by atoms with Crippen LogP contribution in [0.5, 0.6) is 0 Å². The van der Waals surface area contributed by atoms with Crippen molar-refractivity contribution in [2.45, 2.75) is 98.8 Å². The minimum absolute atomic E-state index is 0.00417. The van der Waals surface area contributed by atoms with Crippen LogP contribution in [0.25, 0.3) is 0 Å². The molecular formula is C39H80N10O5. The normalized spacial score (nSPS) is 11.2. The van der Waals surface area contributed by atoms with Gasteiger partial charge in [-0.15, -0.1) is 0 Å². The lowest BCUT2D eigenvalue weighted by Gasteiger charge is -2.33. The fourth-order valence-corrected chi connectivity index (χ4v) is 5.96. The lowest BCUT2D eigenvalue weighted by molar-refractivity contribution is -0.132. The topological polar surface area (TPSA) is 176 Å². The summed E-state index contributed by atoms with van der Waals surface area (Å²) in [5, 5.41) is 12.5. The van der Waals surface area contributed by atoms with Crippen LogP contribution in [-0.2, 0) is 24.0 Å². The van der Waals surface area contributed by atoms with Crippen LogP contribution in [0.4, 0.5) is 0 Å². The van der Waals surface area contributed by atoms with Gasteiger partial charge in [-0.05, 0) is 39.2 Å². The van der Waals surface area contributed by atoms with Crippen molar-refractivity contribution in [3.05, 3.63) is 0 Å². The molecule has 5 amide bonds. The van der Waals surface area contributed by atoms with Gasteiger partial charge in [0, 0.05) is 150 Å². The van der Waals surface area contributed by atoms with Gasteiger partial charge in [0.15, 0.2) is 0 Å². The van der Waals surface area contributed by atoms with Crippen molar-refractivity contribution in [3.8, 4) is 0 Å². The summed E-state index contributed by atoms with van der Waals surface area (Å²) in [4.78, 5) is 73.4. The summed E-state index contributed by atoms with van der Waals surface area (Å²) < 4.78 is 0. The third kappa shape index (κ3) is 26.0. The Balaban J connectivity index is 5.98. The molecule has 0 radical (unpaired) electrons. The summed E-state index contributed by atoms with van der Waals surface area (Å²) >= 11 is 0. The fourth-order valence-electron chi connectivity index (χ4n) is 5.96. The third-order valence-corrected chi connectivity index (χ3v) is 9.16. The first-order valence-corrected chi connectivity index (χ1v) is 21.0. The molecule has 54 heavy (non-hydrogen) atoms. The average Bonchev–Trinajstić information content (AvgIpc) is 3.14. The predicted octanol–water partition coefficient (Wildman–Crippen LogP) is 1.08. The molecule has 0 heterocycles. The Kier molecular flexibility index (Phi) is 32.8. The Labute approximate surface area is 328 Å². The number of hydrogen-bond acceptors (Lipinski definition) is 10. The summed E-state index contributed by atoms with van der Waals surface area (Å²) in [5.41, 5.74) is 5.90. The van der Waals surface area contributed by atoms with Gasteiger partial charge >= 0.3 is 0 Å². The van der Waals surface area contributed by atoms with Gasteiger partial charge in [-0.2, -0.15) is 0 Å². The van der Waals surface area contributed by atoms with E-state index in [1.54, 1.807) is 0 Å². The molecule has 0 aromatic carbocycles. The molecule has 0 aliphatic carbocycles. The van der Waals surface area contributed by atoms with Crippen LogP contribution >= 0.6 is 0 Å². The van der Waals surface area contributed by atoms with Crippen LogP contribution in [0, 0.1) is 0 Å². The minimum atomic E-state index is -0.00417. The van der Waals surface area contributed by atoms with Crippen LogP contribution in [0.1, 0.15) is 98.8 Å². The van der Waals surface area contributed by atoms with Crippen molar-refractivity contribution in [2.24, 2.45) is 5.73 Å². The van der Waals surface area contributed by atoms with Gasteiger partial charge in [-0.25, -0.2) is 0 Å². The highest BCUT2D eigenvalue weighted by Crippen LogP contribution is 2.04. The fraction of sp³-hybridized carbons (Fsp3) is 0.872. The second kappa shape index (κ2) is 34.6. The van der Waals surface area contributed by atoms with Gasteiger partial charge in [0.1, 0.15) is 0 Å². The molecule has 15 nitrogen and oxygen atoms in total. The molecule has 0 atom stereocenters. The van der Waals surface area contributed by atoms with Gasteiger partial charge in [-0.3, -0.25) is 33.8 Å². The lowest BCUT2D eigenvalue weighted by Crippen LogP contribution is -2.48. The van der Waals surface area contributed by atoms with E-state index in [9.17, 15) is 24.0 Å². The SMILES string of the molecule is CCCC(=O)NCCNCCN(CCN(CCN(CCN)C(=O)CCC)CCN(CCNC(=O)CCC)C(=O)CCC)CCN(CCNC)C(=O)CCC. The van der Waals surface area contributed by atoms with Crippen molar-refractivity contribution < 1.29 is 24.0 Å². The molecule has 0 saturated carbocycles. The molecule has 6 N–H and O–H groups in total. The Morgan fingerprint density at radius 1 is 0.426 bits per heavy atom. The third-order valence-electron chi connectivity index (χ3n) is 9.16. The molecule has 0 aliphatic rings. The van der Waals surface area contributed by atoms with E-state index in [0.29, 0.717) is 124 Å². The van der Waals surface area contributed by atoms with Crippen molar-refractivity contribution in [3.63, 3.8) is 0 Å². The molecule has 0 aromatic heterocycles. The maximum atomic E-state index is 13.2. The smallest absolute Gasteiger partial charge is 0.222 e. The Hall–Kier alpha value is -2.85. The van der Waals surface area contributed by atoms with E-state index in [0.717, 1.165) is 58.3 Å². The zero-order valence-corrected chi connectivity index (χ0v) is 35.2. The Morgan fingerprint density at radius 3 is 1.24 bits per heavy atom. The number of nitrogens with one attached hydrogen (secondary N) is 4. The van der Waals surface area contributed by atoms with Gasteiger partial charge in [0.2, 0.25) is 29.5 Å². The second-order valence-electron chi connectivity index (χ2n) is 13.9. The van der Waals surface area contributed by atoms with E-state index in [4.69, 9.17) is 5.73 Å². The summed E-state index contributed by atoms with van der Waals surface area (Å²) in [6.45, 7) is 20.9. The highest BCUT2D eigenvalue weighted by Gasteiger charge is 2.19. The van der Waals surface area contributed by atoms with E-state index in [1.165, 1.54) is 0 Å². The Bertz CT molecular complexity index is 1000. The highest BCUT2D eigenvalue weighted by atomic mass is 16.2. The highest BCUT2D eigenvalue weighted by molar-refractivity contribution is 5.78. The predicted molar refractivity (Wildman–Crippen MR) is 219 cm³/mol. The number of rotatable bonds is 36. The standard InChI is InChI=1S/C39H80N10O5/c1-7-12-35(50)43-19-18-42-21-24-45(29-33-48(25-20-41-6)38(53)15-10-4)27-28-46(30-32-47(23-17-40)37(52)14-9-3)31-34-49(39(54)16-11-5)26-22-44-36(51)13-8-2/h41-42H,7-34,40H2,1-6H3,(H,43,50)(H,44,51). The van der Waals surface area contributed by atoms with Crippen LogP contribution in [0.3, 0.4) is 0 Å². The molecule has 0 aromatic rings. The summed E-state index contributed by atoms with van der Waals surface area (Å²) in [6.07, 6.45) is 6.36. The zero-order chi connectivity index (χ0) is 40.4. The first-order chi connectivity index (χ1) is 26.1. The van der Waals surface area contributed by atoms with Crippen molar-refractivity contribution in [1.82, 2.24) is 45.8 Å². The van der Waals surface area contributed by atoms with E-state index < -0.39 is 0 Å². The van der Waals surface area contributed by atoms with Crippen molar-refractivity contribution in [1.29, 1.82) is 0 Å². The van der Waals surface area contributed by atoms with Gasteiger partial charge in [-0.1, -0.05) is 34.6 Å². The lowest BCUT2D eigenvalue weighted by atomic mass is 10.2. The molecule has 0 fully saturated rings. The summed E-state index contributed by atoms with van der Waals surface area (Å²) in [7, 11) is 1.89. The summed E-state index contributed by atoms with van der Waals surface area (Å²) in [6, 6.07) is 0. The van der Waals surface area contributed by atoms with Crippen LogP contribution in [0.2, 0.25) is 0 Å². The number of carbonyl (C=O) groups excluding carboxylic acids is 5.